The van der Waals surface area contributed by atoms with E-state index in [4.69, 9.17) is 22.1 Å². The van der Waals surface area contributed by atoms with Gasteiger partial charge in [0.25, 0.3) is 0 Å². The smallest absolute Gasteiger partial charge is 0.153 e. The van der Waals surface area contributed by atoms with Crippen molar-refractivity contribution in [3.05, 3.63) is 11.3 Å². The van der Waals surface area contributed by atoms with Crippen molar-refractivity contribution in [2.75, 3.05) is 36.9 Å². The predicted octanol–water partition coefficient (Wildman–Crippen LogP) is 0.549. The van der Waals surface area contributed by atoms with Crippen LogP contribution < -0.4 is 10.6 Å². The Balaban J connectivity index is 2.26. The van der Waals surface area contributed by atoms with E-state index in [0.717, 1.165) is 13.1 Å². The molecule has 0 aliphatic carbocycles. The summed E-state index contributed by atoms with van der Waals surface area (Å²) in [6.07, 6.45) is 1.42. The summed E-state index contributed by atoms with van der Waals surface area (Å²) in [6, 6.07) is 0. The molecule has 0 amide bonds. The van der Waals surface area contributed by atoms with E-state index in [1.807, 2.05) is 4.90 Å². The van der Waals surface area contributed by atoms with Crippen LogP contribution in [0.15, 0.2) is 6.33 Å². The number of nitrogens with two attached hydrogens (primary N) is 1. The molecule has 14 heavy (non-hydrogen) atoms. The predicted molar refractivity (Wildman–Crippen MR) is 54.5 cm³/mol. The van der Waals surface area contributed by atoms with E-state index >= 15 is 0 Å². The van der Waals surface area contributed by atoms with Gasteiger partial charge < -0.3 is 15.4 Å². The third kappa shape index (κ3) is 1.73. The van der Waals surface area contributed by atoms with Gasteiger partial charge >= 0.3 is 0 Å². The van der Waals surface area contributed by atoms with Crippen LogP contribution in [0.5, 0.6) is 0 Å². The van der Waals surface area contributed by atoms with Crippen LogP contribution in [0.25, 0.3) is 0 Å². The zero-order valence-corrected chi connectivity index (χ0v) is 8.37. The maximum Gasteiger partial charge on any atom is 0.153 e. The molecule has 0 bridgehead atoms. The molecule has 0 atom stereocenters. The van der Waals surface area contributed by atoms with Crippen LogP contribution in [0.4, 0.5) is 11.6 Å². The van der Waals surface area contributed by atoms with Crippen LogP contribution in [0.3, 0.4) is 0 Å². The first-order chi connectivity index (χ1) is 6.79. The highest BCUT2D eigenvalue weighted by Crippen LogP contribution is 2.27. The highest BCUT2D eigenvalue weighted by molar-refractivity contribution is 6.35. The summed E-state index contributed by atoms with van der Waals surface area (Å²) in [6.45, 7) is 2.97. The van der Waals surface area contributed by atoms with E-state index in [0.29, 0.717) is 29.9 Å². The summed E-state index contributed by atoms with van der Waals surface area (Å²) in [5.74, 6) is 1.02. The van der Waals surface area contributed by atoms with E-state index < -0.39 is 0 Å². The first-order valence-corrected chi connectivity index (χ1v) is 4.75. The SMILES string of the molecule is Nc1ncnc(N2CCOCC2)c1Cl. The Bertz CT molecular complexity index is 327. The minimum absolute atomic E-state index is 0.322. The molecule has 6 heteroatoms. The van der Waals surface area contributed by atoms with Crippen molar-refractivity contribution in [3.8, 4) is 0 Å². The number of ether oxygens (including phenoxy) is 1. The third-order valence-corrected chi connectivity index (χ3v) is 2.47. The van der Waals surface area contributed by atoms with Gasteiger partial charge in [-0.2, -0.15) is 0 Å². The Morgan fingerprint density at radius 3 is 2.79 bits per heavy atom. The van der Waals surface area contributed by atoms with E-state index in [1.54, 1.807) is 0 Å². The highest BCUT2D eigenvalue weighted by Gasteiger charge is 2.16. The largest absolute Gasteiger partial charge is 0.382 e. The first kappa shape index (κ1) is 9.48. The van der Waals surface area contributed by atoms with Crippen molar-refractivity contribution in [2.24, 2.45) is 0 Å². The maximum atomic E-state index is 5.99. The summed E-state index contributed by atoms with van der Waals surface area (Å²) in [5, 5.41) is 0.425. The number of rotatable bonds is 1. The summed E-state index contributed by atoms with van der Waals surface area (Å²) in [4.78, 5) is 9.97. The Labute approximate surface area is 86.8 Å². The Hall–Kier alpha value is -1.07. The van der Waals surface area contributed by atoms with Crippen molar-refractivity contribution >= 4 is 23.2 Å². The Kier molecular flexibility index (Phi) is 2.69. The number of hydrogen-bond donors (Lipinski definition) is 1. The number of nitrogens with zero attached hydrogens (tertiary/aromatic N) is 3. The second kappa shape index (κ2) is 3.98. The molecule has 2 N–H and O–H groups in total. The standard InChI is InChI=1S/C8H11ClN4O/c9-6-7(10)11-5-12-8(6)13-1-3-14-4-2-13/h5H,1-4H2,(H2,10,11,12). The molecule has 1 fully saturated rings. The molecule has 76 valence electrons. The molecule has 0 aromatic carbocycles. The van der Waals surface area contributed by atoms with Crippen LogP contribution in [-0.2, 0) is 4.74 Å². The average Bonchev–Trinajstić information content (AvgIpc) is 2.23. The number of aromatic nitrogens is 2. The number of nitrogen functional groups attached to an aromatic ring is 1. The fraction of sp³-hybridized carbons (Fsp3) is 0.500. The Morgan fingerprint density at radius 2 is 2.07 bits per heavy atom. The van der Waals surface area contributed by atoms with Crippen molar-refractivity contribution in [3.63, 3.8) is 0 Å². The molecule has 1 aromatic heterocycles. The lowest BCUT2D eigenvalue weighted by atomic mass is 10.4. The number of hydrogen-bond acceptors (Lipinski definition) is 5. The molecule has 0 unspecified atom stereocenters. The first-order valence-electron chi connectivity index (χ1n) is 4.37. The summed E-state index contributed by atoms with van der Waals surface area (Å²) in [5.41, 5.74) is 5.59. The van der Waals surface area contributed by atoms with Gasteiger partial charge in [-0.25, -0.2) is 9.97 Å². The fourth-order valence-corrected chi connectivity index (χ4v) is 1.59. The van der Waals surface area contributed by atoms with Crippen LogP contribution in [0.1, 0.15) is 0 Å². The molecular formula is C8H11ClN4O. The van der Waals surface area contributed by atoms with Gasteiger partial charge in [-0.15, -0.1) is 0 Å². The van der Waals surface area contributed by atoms with Crippen LogP contribution in [0.2, 0.25) is 5.02 Å². The van der Waals surface area contributed by atoms with Crippen LogP contribution in [-0.4, -0.2) is 36.3 Å². The van der Waals surface area contributed by atoms with Gasteiger partial charge in [0.05, 0.1) is 13.2 Å². The van der Waals surface area contributed by atoms with Gasteiger partial charge in [-0.1, -0.05) is 11.6 Å². The lowest BCUT2D eigenvalue weighted by Crippen LogP contribution is -2.37. The zero-order valence-electron chi connectivity index (χ0n) is 7.61. The highest BCUT2D eigenvalue weighted by atomic mass is 35.5. The molecular weight excluding hydrogens is 204 g/mol. The summed E-state index contributed by atoms with van der Waals surface area (Å²) in [7, 11) is 0. The third-order valence-electron chi connectivity index (χ3n) is 2.11. The molecule has 0 radical (unpaired) electrons. The minimum Gasteiger partial charge on any atom is -0.382 e. The number of halogens is 1. The quantitative estimate of drug-likeness (QED) is 0.740. The Morgan fingerprint density at radius 1 is 1.36 bits per heavy atom. The average molecular weight is 215 g/mol. The maximum absolute atomic E-state index is 5.99. The molecule has 1 aliphatic rings. The van der Waals surface area contributed by atoms with Crippen molar-refractivity contribution in [1.29, 1.82) is 0 Å². The zero-order chi connectivity index (χ0) is 9.97. The molecule has 2 rings (SSSR count). The van der Waals surface area contributed by atoms with E-state index in [1.165, 1.54) is 6.33 Å². The van der Waals surface area contributed by atoms with E-state index in [-0.39, 0.29) is 0 Å². The van der Waals surface area contributed by atoms with Crippen LogP contribution >= 0.6 is 11.6 Å². The second-order valence-electron chi connectivity index (χ2n) is 3.00. The van der Waals surface area contributed by atoms with Gasteiger partial charge in [0, 0.05) is 13.1 Å². The fourth-order valence-electron chi connectivity index (χ4n) is 1.37. The summed E-state index contributed by atoms with van der Waals surface area (Å²) < 4.78 is 5.23. The van der Waals surface area contributed by atoms with Gasteiger partial charge in [-0.3, -0.25) is 0 Å². The van der Waals surface area contributed by atoms with Gasteiger partial charge in [0.2, 0.25) is 0 Å². The molecule has 1 aromatic rings. The molecule has 0 saturated carbocycles. The van der Waals surface area contributed by atoms with Crippen molar-refractivity contribution in [2.45, 2.75) is 0 Å². The minimum atomic E-state index is 0.322. The molecule has 1 saturated heterocycles. The second-order valence-corrected chi connectivity index (χ2v) is 3.37. The van der Waals surface area contributed by atoms with Crippen molar-refractivity contribution in [1.82, 2.24) is 9.97 Å². The van der Waals surface area contributed by atoms with Gasteiger partial charge in [-0.05, 0) is 0 Å². The van der Waals surface area contributed by atoms with Gasteiger partial charge in [0.1, 0.15) is 17.2 Å². The monoisotopic (exact) mass is 214 g/mol. The summed E-state index contributed by atoms with van der Waals surface area (Å²) >= 11 is 5.99. The lowest BCUT2D eigenvalue weighted by Gasteiger charge is -2.28. The number of anilines is 2. The molecule has 1 aliphatic heterocycles. The van der Waals surface area contributed by atoms with Gasteiger partial charge in [0.15, 0.2) is 5.82 Å². The molecule has 2 heterocycles. The lowest BCUT2D eigenvalue weighted by molar-refractivity contribution is 0.122. The van der Waals surface area contributed by atoms with Crippen molar-refractivity contribution < 1.29 is 4.74 Å². The number of morpholine rings is 1. The topological polar surface area (TPSA) is 64.3 Å². The molecule has 0 spiro atoms. The van der Waals surface area contributed by atoms with E-state index in [2.05, 4.69) is 9.97 Å². The normalized spacial score (nSPS) is 17.1. The van der Waals surface area contributed by atoms with E-state index in [9.17, 15) is 0 Å². The van der Waals surface area contributed by atoms with Crippen LogP contribution in [0, 0.1) is 0 Å². The molecule has 5 nitrogen and oxygen atoms in total.